The molecule has 2 fully saturated rings. The molecule has 1 saturated carbocycles. The Kier molecular flexibility index (Phi) is 3.85. The van der Waals surface area contributed by atoms with Gasteiger partial charge in [-0.3, -0.25) is 10.1 Å². The Bertz CT molecular complexity index is 676. The van der Waals surface area contributed by atoms with Gasteiger partial charge in [-0.1, -0.05) is 0 Å². The summed E-state index contributed by atoms with van der Waals surface area (Å²) in [6, 6.07) is 3.64. The van der Waals surface area contributed by atoms with E-state index in [2.05, 4.69) is 5.32 Å². The van der Waals surface area contributed by atoms with Gasteiger partial charge in [0.05, 0.1) is 11.0 Å². The number of nitro benzene ring substituents is 1. The van der Waals surface area contributed by atoms with Crippen LogP contribution in [-0.4, -0.2) is 35.7 Å². The van der Waals surface area contributed by atoms with Crippen molar-refractivity contribution in [3.8, 4) is 0 Å². The van der Waals surface area contributed by atoms with Crippen molar-refractivity contribution in [3.63, 3.8) is 0 Å². The molecule has 1 aliphatic heterocycles. The zero-order chi connectivity index (χ0) is 17.6. The third kappa shape index (κ3) is 3.27. The lowest BCUT2D eigenvalue weighted by atomic mass is 10.2. The van der Waals surface area contributed by atoms with E-state index in [1.807, 2.05) is 4.90 Å². The second-order valence-corrected chi connectivity index (χ2v) is 7.29. The molecule has 0 spiro atoms. The summed E-state index contributed by atoms with van der Waals surface area (Å²) < 4.78 is 18.5. The lowest BCUT2D eigenvalue weighted by molar-refractivity contribution is -0.384. The highest BCUT2D eigenvalue weighted by molar-refractivity contribution is 5.69. The summed E-state index contributed by atoms with van der Waals surface area (Å²) in [6.45, 7) is 6.59. The molecule has 1 aromatic carbocycles. The minimum Gasteiger partial charge on any atom is -0.444 e. The minimum atomic E-state index is -0.626. The Balaban J connectivity index is 1.61. The SMILES string of the molecule is CC(C)(C)OC(=O)N[C@@H]1C2CN(c3ccc(F)cc3[N+](=O)[O-])C[C@@H]21. The van der Waals surface area contributed by atoms with Crippen LogP contribution >= 0.6 is 0 Å². The van der Waals surface area contributed by atoms with Crippen LogP contribution in [0.25, 0.3) is 0 Å². The molecule has 1 heterocycles. The fraction of sp³-hybridized carbons (Fsp3) is 0.562. The highest BCUT2D eigenvalue weighted by Gasteiger charge is 2.57. The highest BCUT2D eigenvalue weighted by atomic mass is 19.1. The minimum absolute atomic E-state index is 0.0376. The van der Waals surface area contributed by atoms with E-state index in [0.717, 1.165) is 6.07 Å². The van der Waals surface area contributed by atoms with Gasteiger partial charge < -0.3 is 15.0 Å². The van der Waals surface area contributed by atoms with Crippen LogP contribution in [0.4, 0.5) is 20.6 Å². The highest BCUT2D eigenvalue weighted by Crippen LogP contribution is 2.48. The molecule has 1 unspecified atom stereocenters. The molecule has 1 aromatic rings. The number of carbonyl (C=O) groups is 1. The van der Waals surface area contributed by atoms with Crippen molar-refractivity contribution >= 4 is 17.5 Å². The quantitative estimate of drug-likeness (QED) is 0.677. The smallest absolute Gasteiger partial charge is 0.407 e. The maximum atomic E-state index is 13.2. The first-order chi connectivity index (χ1) is 11.2. The molecule has 1 aliphatic carbocycles. The molecule has 24 heavy (non-hydrogen) atoms. The second kappa shape index (κ2) is 5.61. The zero-order valence-electron chi connectivity index (χ0n) is 13.8. The third-order valence-corrected chi connectivity index (χ3v) is 4.35. The molecule has 0 radical (unpaired) electrons. The summed E-state index contributed by atoms with van der Waals surface area (Å²) in [7, 11) is 0. The number of nitrogens with zero attached hydrogens (tertiary/aromatic N) is 2. The van der Waals surface area contributed by atoms with Crippen LogP contribution in [0.15, 0.2) is 18.2 Å². The number of alkyl carbamates (subject to hydrolysis) is 1. The topological polar surface area (TPSA) is 84.7 Å². The molecule has 1 amide bonds. The first kappa shape index (κ1) is 16.5. The van der Waals surface area contributed by atoms with Crippen LogP contribution in [0.2, 0.25) is 0 Å². The molecular formula is C16H20FN3O4. The lowest BCUT2D eigenvalue weighted by Crippen LogP contribution is -2.38. The van der Waals surface area contributed by atoms with Gasteiger partial charge in [-0.15, -0.1) is 0 Å². The Morgan fingerprint density at radius 2 is 2.00 bits per heavy atom. The van der Waals surface area contributed by atoms with Crippen LogP contribution in [0.1, 0.15) is 20.8 Å². The average molecular weight is 337 g/mol. The van der Waals surface area contributed by atoms with E-state index in [1.54, 1.807) is 20.8 Å². The molecule has 7 nitrogen and oxygen atoms in total. The number of rotatable bonds is 3. The monoisotopic (exact) mass is 337 g/mol. The number of benzene rings is 1. The van der Waals surface area contributed by atoms with Crippen LogP contribution in [-0.2, 0) is 4.74 Å². The average Bonchev–Trinajstić information content (AvgIpc) is 2.90. The predicted molar refractivity (Wildman–Crippen MR) is 85.4 cm³/mol. The molecular weight excluding hydrogens is 317 g/mol. The van der Waals surface area contributed by atoms with Crippen molar-refractivity contribution in [2.75, 3.05) is 18.0 Å². The van der Waals surface area contributed by atoms with Gasteiger partial charge in [0.25, 0.3) is 5.69 Å². The van der Waals surface area contributed by atoms with Crippen molar-refractivity contribution in [2.24, 2.45) is 11.8 Å². The molecule has 1 saturated heterocycles. The first-order valence-corrected chi connectivity index (χ1v) is 7.84. The van der Waals surface area contributed by atoms with Crippen LogP contribution in [0.5, 0.6) is 0 Å². The predicted octanol–water partition coefficient (Wildman–Crippen LogP) is 2.69. The largest absolute Gasteiger partial charge is 0.444 e. The summed E-state index contributed by atoms with van der Waals surface area (Å²) in [5.74, 6) is -0.149. The third-order valence-electron chi connectivity index (χ3n) is 4.35. The molecule has 8 heteroatoms. The number of carbonyl (C=O) groups excluding carboxylic acids is 1. The number of anilines is 1. The van der Waals surface area contributed by atoms with E-state index in [1.165, 1.54) is 12.1 Å². The Morgan fingerprint density at radius 1 is 1.38 bits per heavy atom. The van der Waals surface area contributed by atoms with E-state index in [4.69, 9.17) is 4.74 Å². The van der Waals surface area contributed by atoms with Crippen molar-refractivity contribution in [1.82, 2.24) is 5.32 Å². The van der Waals surface area contributed by atoms with Gasteiger partial charge >= 0.3 is 6.09 Å². The Morgan fingerprint density at radius 3 is 2.54 bits per heavy atom. The number of nitro groups is 1. The molecule has 0 aromatic heterocycles. The summed E-state index contributed by atoms with van der Waals surface area (Å²) >= 11 is 0. The van der Waals surface area contributed by atoms with Gasteiger partial charge in [0.2, 0.25) is 0 Å². The molecule has 1 N–H and O–H groups in total. The first-order valence-electron chi connectivity index (χ1n) is 7.84. The molecule has 3 rings (SSSR count). The number of amides is 1. The van der Waals surface area contributed by atoms with Gasteiger partial charge in [-0.25, -0.2) is 9.18 Å². The summed E-state index contributed by atoms with van der Waals surface area (Å²) in [5.41, 5.74) is -0.355. The van der Waals surface area contributed by atoms with E-state index < -0.39 is 22.4 Å². The van der Waals surface area contributed by atoms with E-state index in [9.17, 15) is 19.3 Å². The molecule has 0 bridgehead atoms. The fourth-order valence-electron chi connectivity index (χ4n) is 3.29. The molecule has 3 atom stereocenters. The molecule has 130 valence electrons. The van der Waals surface area contributed by atoms with E-state index in [-0.39, 0.29) is 23.6 Å². The van der Waals surface area contributed by atoms with Crippen molar-refractivity contribution < 1.29 is 18.8 Å². The Labute approximate surface area is 138 Å². The number of piperidine rings is 1. The van der Waals surface area contributed by atoms with Crippen molar-refractivity contribution in [2.45, 2.75) is 32.4 Å². The second-order valence-electron chi connectivity index (χ2n) is 7.29. The number of ether oxygens (including phenoxy) is 1. The number of halogens is 1. The van der Waals surface area contributed by atoms with Gasteiger partial charge in [-0.2, -0.15) is 0 Å². The maximum absolute atomic E-state index is 13.2. The van der Waals surface area contributed by atoms with E-state index >= 15 is 0 Å². The number of hydrogen-bond donors (Lipinski definition) is 1. The zero-order valence-corrected chi connectivity index (χ0v) is 13.8. The summed E-state index contributed by atoms with van der Waals surface area (Å²) in [6.07, 6.45) is -0.443. The number of fused-ring (bicyclic) bond motifs is 1. The molecule has 2 aliphatic rings. The van der Waals surface area contributed by atoms with Crippen LogP contribution in [0.3, 0.4) is 0 Å². The standard InChI is InChI=1S/C16H20FN3O4/c1-16(2,3)24-15(21)18-14-10-7-19(8-11(10)14)12-5-4-9(17)6-13(12)20(22)23/h4-6,10-11,14H,7-8H2,1-3H3,(H,18,21)/t10-,11?,14-/m0/s1. The van der Waals surface area contributed by atoms with Crippen molar-refractivity contribution in [1.29, 1.82) is 0 Å². The normalized spacial score (nSPS) is 25.2. The van der Waals surface area contributed by atoms with Crippen LogP contribution < -0.4 is 10.2 Å². The van der Waals surface area contributed by atoms with Gasteiger partial charge in [0, 0.05) is 31.0 Å². The maximum Gasteiger partial charge on any atom is 0.407 e. The Hall–Kier alpha value is -2.38. The number of nitrogens with one attached hydrogen (secondary N) is 1. The van der Waals surface area contributed by atoms with Gasteiger partial charge in [0.15, 0.2) is 0 Å². The number of hydrogen-bond acceptors (Lipinski definition) is 5. The van der Waals surface area contributed by atoms with Gasteiger partial charge in [0.1, 0.15) is 17.1 Å². The fourth-order valence-corrected chi connectivity index (χ4v) is 3.29. The lowest BCUT2D eigenvalue weighted by Gasteiger charge is -2.23. The van der Waals surface area contributed by atoms with E-state index in [0.29, 0.717) is 18.8 Å². The van der Waals surface area contributed by atoms with Crippen molar-refractivity contribution in [3.05, 3.63) is 34.1 Å². The van der Waals surface area contributed by atoms with Gasteiger partial charge in [-0.05, 0) is 32.9 Å². The summed E-state index contributed by atoms with van der Waals surface area (Å²) in [4.78, 5) is 24.2. The summed E-state index contributed by atoms with van der Waals surface area (Å²) in [5, 5.41) is 14.0. The van der Waals surface area contributed by atoms with Crippen LogP contribution in [0, 0.1) is 27.8 Å².